The van der Waals surface area contributed by atoms with Gasteiger partial charge in [0.2, 0.25) is 5.91 Å². The Morgan fingerprint density at radius 2 is 2.03 bits per heavy atom. The first-order valence-electron chi connectivity index (χ1n) is 10.4. The molecule has 0 N–H and O–H groups in total. The lowest BCUT2D eigenvalue weighted by Gasteiger charge is -2.30. The van der Waals surface area contributed by atoms with Crippen LogP contribution in [0.2, 0.25) is 0 Å². The first kappa shape index (κ1) is 21.8. The summed E-state index contributed by atoms with van der Waals surface area (Å²) in [4.78, 5) is 20.1. The maximum Gasteiger partial charge on any atom is 0.232 e. The number of ether oxygens (including phenoxy) is 1. The number of piperidine rings is 1. The fraction of sp³-hybridized carbons (Fsp3) is 0.391. The molecule has 1 saturated heterocycles. The summed E-state index contributed by atoms with van der Waals surface area (Å²) in [7, 11) is 1.66. The van der Waals surface area contributed by atoms with Gasteiger partial charge in [0.1, 0.15) is 21.5 Å². The van der Waals surface area contributed by atoms with Gasteiger partial charge in [-0.3, -0.25) is 4.79 Å². The molecule has 2 aromatic heterocycles. The molecule has 31 heavy (non-hydrogen) atoms. The van der Waals surface area contributed by atoms with Crippen molar-refractivity contribution in [2.45, 2.75) is 31.7 Å². The number of amides is 1. The van der Waals surface area contributed by atoms with Gasteiger partial charge in [0.15, 0.2) is 0 Å². The van der Waals surface area contributed by atoms with E-state index >= 15 is 0 Å². The standard InChI is InChI=1S/C23H26N4O2S2/c1-15-9-11-27(12-10-15)21(28)14-30-20-8-7-19(25-26-20)22-16(2)24-23(31-22)17-5-4-6-18(13-17)29-3/h4-8,13,15H,9-12,14H2,1-3H3. The van der Waals surface area contributed by atoms with E-state index in [-0.39, 0.29) is 5.91 Å². The lowest BCUT2D eigenvalue weighted by Crippen LogP contribution is -2.38. The average Bonchev–Trinajstić information content (AvgIpc) is 3.20. The number of rotatable bonds is 6. The summed E-state index contributed by atoms with van der Waals surface area (Å²) in [5.74, 6) is 2.11. The van der Waals surface area contributed by atoms with Gasteiger partial charge in [-0.15, -0.1) is 21.5 Å². The molecule has 1 fully saturated rings. The Hall–Kier alpha value is -2.45. The van der Waals surface area contributed by atoms with Crippen LogP contribution < -0.4 is 4.74 Å². The molecule has 0 radical (unpaired) electrons. The number of thiazole rings is 1. The largest absolute Gasteiger partial charge is 0.497 e. The van der Waals surface area contributed by atoms with Gasteiger partial charge < -0.3 is 9.64 Å². The molecule has 0 aliphatic carbocycles. The van der Waals surface area contributed by atoms with E-state index in [1.165, 1.54) is 11.8 Å². The Morgan fingerprint density at radius 1 is 1.23 bits per heavy atom. The molecule has 0 bridgehead atoms. The highest BCUT2D eigenvalue weighted by molar-refractivity contribution is 7.99. The minimum absolute atomic E-state index is 0.184. The third kappa shape index (κ3) is 5.25. The molecule has 0 unspecified atom stereocenters. The SMILES string of the molecule is COc1cccc(-c2nc(C)c(-c3ccc(SCC(=O)N4CCC(C)CC4)nn3)s2)c1. The second kappa shape index (κ2) is 9.78. The predicted octanol–water partition coefficient (Wildman–Crippen LogP) is 4.93. The summed E-state index contributed by atoms with van der Waals surface area (Å²) in [5, 5.41) is 10.4. The van der Waals surface area contributed by atoms with Crippen molar-refractivity contribution in [3.63, 3.8) is 0 Å². The smallest absolute Gasteiger partial charge is 0.232 e. The van der Waals surface area contributed by atoms with Gasteiger partial charge in [0.25, 0.3) is 0 Å². The maximum atomic E-state index is 12.4. The molecule has 3 heterocycles. The van der Waals surface area contributed by atoms with Crippen LogP contribution in [0, 0.1) is 12.8 Å². The van der Waals surface area contributed by atoms with Crippen molar-refractivity contribution in [2.24, 2.45) is 5.92 Å². The number of nitrogens with zero attached hydrogens (tertiary/aromatic N) is 4. The number of aromatic nitrogens is 3. The van der Waals surface area contributed by atoms with E-state index < -0.39 is 0 Å². The highest BCUT2D eigenvalue weighted by Gasteiger charge is 2.20. The van der Waals surface area contributed by atoms with Crippen LogP contribution >= 0.6 is 23.1 Å². The topological polar surface area (TPSA) is 68.2 Å². The monoisotopic (exact) mass is 454 g/mol. The minimum Gasteiger partial charge on any atom is -0.497 e. The third-order valence-corrected chi connectivity index (χ3v) is 7.60. The molecular weight excluding hydrogens is 428 g/mol. The highest BCUT2D eigenvalue weighted by Crippen LogP contribution is 2.35. The van der Waals surface area contributed by atoms with Gasteiger partial charge in [-0.2, -0.15) is 0 Å². The zero-order valence-corrected chi connectivity index (χ0v) is 19.6. The van der Waals surface area contributed by atoms with Crippen LogP contribution in [0.1, 0.15) is 25.5 Å². The summed E-state index contributed by atoms with van der Waals surface area (Å²) < 4.78 is 5.32. The zero-order valence-electron chi connectivity index (χ0n) is 18.0. The molecule has 0 saturated carbocycles. The molecule has 0 atom stereocenters. The number of benzene rings is 1. The molecule has 1 amide bonds. The summed E-state index contributed by atoms with van der Waals surface area (Å²) >= 11 is 3.04. The molecule has 3 aromatic rings. The van der Waals surface area contributed by atoms with Gasteiger partial charge in [-0.1, -0.05) is 30.8 Å². The molecule has 1 aliphatic rings. The number of carbonyl (C=O) groups is 1. The van der Waals surface area contributed by atoms with Crippen molar-refractivity contribution < 1.29 is 9.53 Å². The van der Waals surface area contributed by atoms with Crippen molar-refractivity contribution in [3.05, 3.63) is 42.1 Å². The molecule has 1 aliphatic heterocycles. The Labute approximate surface area is 191 Å². The van der Waals surface area contributed by atoms with Gasteiger partial charge in [0.05, 0.1) is 23.4 Å². The molecule has 8 heteroatoms. The van der Waals surface area contributed by atoms with Crippen LogP contribution in [0.25, 0.3) is 21.1 Å². The van der Waals surface area contributed by atoms with E-state index in [1.807, 2.05) is 48.2 Å². The van der Waals surface area contributed by atoms with Gasteiger partial charge in [-0.25, -0.2) is 4.98 Å². The van der Waals surface area contributed by atoms with Crippen molar-refractivity contribution in [3.8, 4) is 26.9 Å². The fourth-order valence-electron chi connectivity index (χ4n) is 3.52. The number of likely N-dealkylation sites (tertiary alicyclic amines) is 1. The molecular formula is C23H26N4O2S2. The van der Waals surface area contributed by atoms with E-state index in [1.54, 1.807) is 18.4 Å². The Balaban J connectivity index is 1.41. The second-order valence-corrected chi connectivity index (χ2v) is 9.77. The fourth-order valence-corrected chi connectivity index (χ4v) is 5.26. The number of hydrogen-bond donors (Lipinski definition) is 0. The second-order valence-electron chi connectivity index (χ2n) is 7.77. The van der Waals surface area contributed by atoms with E-state index in [0.717, 1.165) is 69.5 Å². The normalized spacial score (nSPS) is 14.6. The molecule has 4 rings (SSSR count). The summed E-state index contributed by atoms with van der Waals surface area (Å²) in [6, 6.07) is 11.8. The lowest BCUT2D eigenvalue weighted by atomic mass is 9.99. The van der Waals surface area contributed by atoms with Gasteiger partial charge >= 0.3 is 0 Å². The third-order valence-electron chi connectivity index (χ3n) is 5.47. The average molecular weight is 455 g/mol. The summed E-state index contributed by atoms with van der Waals surface area (Å²) in [5.41, 5.74) is 2.74. The molecule has 6 nitrogen and oxygen atoms in total. The van der Waals surface area contributed by atoms with Crippen molar-refractivity contribution in [1.29, 1.82) is 0 Å². The molecule has 162 valence electrons. The number of carbonyl (C=O) groups excluding carboxylic acids is 1. The first-order valence-corrected chi connectivity index (χ1v) is 12.2. The number of aryl methyl sites for hydroxylation is 1. The summed E-state index contributed by atoms with van der Waals surface area (Å²) in [6.07, 6.45) is 2.19. The molecule has 1 aromatic carbocycles. The van der Waals surface area contributed by atoms with Gasteiger partial charge in [-0.05, 0) is 49.9 Å². The van der Waals surface area contributed by atoms with E-state index in [2.05, 4.69) is 17.1 Å². The van der Waals surface area contributed by atoms with Crippen LogP contribution in [0.3, 0.4) is 0 Å². The maximum absolute atomic E-state index is 12.4. The van der Waals surface area contributed by atoms with Crippen LogP contribution in [0.5, 0.6) is 5.75 Å². The summed E-state index contributed by atoms with van der Waals surface area (Å²) in [6.45, 7) is 5.97. The zero-order chi connectivity index (χ0) is 21.8. The number of methoxy groups -OCH3 is 1. The lowest BCUT2D eigenvalue weighted by molar-refractivity contribution is -0.129. The first-order chi connectivity index (χ1) is 15.0. The predicted molar refractivity (Wildman–Crippen MR) is 126 cm³/mol. The van der Waals surface area contributed by atoms with Crippen LogP contribution in [0.4, 0.5) is 0 Å². The van der Waals surface area contributed by atoms with Crippen molar-refractivity contribution in [2.75, 3.05) is 26.0 Å². The van der Waals surface area contributed by atoms with E-state index in [4.69, 9.17) is 9.72 Å². The van der Waals surface area contributed by atoms with Crippen LogP contribution in [0.15, 0.2) is 41.4 Å². The van der Waals surface area contributed by atoms with E-state index in [0.29, 0.717) is 5.75 Å². The number of thioether (sulfide) groups is 1. The van der Waals surface area contributed by atoms with Crippen LogP contribution in [-0.2, 0) is 4.79 Å². The quantitative estimate of drug-likeness (QED) is 0.492. The van der Waals surface area contributed by atoms with Gasteiger partial charge in [0, 0.05) is 18.7 Å². The Kier molecular flexibility index (Phi) is 6.87. The van der Waals surface area contributed by atoms with Crippen LogP contribution in [-0.4, -0.2) is 51.9 Å². The Morgan fingerprint density at radius 3 is 2.74 bits per heavy atom. The number of hydrogen-bond acceptors (Lipinski definition) is 7. The van der Waals surface area contributed by atoms with E-state index in [9.17, 15) is 4.79 Å². The minimum atomic E-state index is 0.184. The van der Waals surface area contributed by atoms with Crippen molar-refractivity contribution in [1.82, 2.24) is 20.1 Å². The Bertz CT molecular complexity index is 1040. The highest BCUT2D eigenvalue weighted by atomic mass is 32.2. The van der Waals surface area contributed by atoms with Crippen molar-refractivity contribution >= 4 is 29.0 Å². The molecule has 0 spiro atoms.